The first kappa shape index (κ1) is 16.1. The summed E-state index contributed by atoms with van der Waals surface area (Å²) in [5.74, 6) is 0.0589. The van der Waals surface area contributed by atoms with Crippen molar-refractivity contribution in [2.75, 3.05) is 5.75 Å². The fraction of sp³-hybridized carbons (Fsp3) is 0.500. The van der Waals surface area contributed by atoms with Gasteiger partial charge in [-0.3, -0.25) is 0 Å². The molecule has 0 aromatic heterocycles. The van der Waals surface area contributed by atoms with E-state index in [-0.39, 0.29) is 28.3 Å². The summed E-state index contributed by atoms with van der Waals surface area (Å²) in [5.41, 5.74) is 7.39. The highest BCUT2D eigenvalue weighted by molar-refractivity contribution is 7.90. The van der Waals surface area contributed by atoms with E-state index >= 15 is 0 Å². The van der Waals surface area contributed by atoms with Crippen molar-refractivity contribution in [2.24, 2.45) is 5.73 Å². The van der Waals surface area contributed by atoms with E-state index in [2.05, 4.69) is 20.8 Å². The van der Waals surface area contributed by atoms with Gasteiger partial charge in [0.05, 0.1) is 16.5 Å². The van der Waals surface area contributed by atoms with E-state index in [0.717, 1.165) is 5.56 Å². The number of benzene rings is 1. The second-order valence-corrected chi connectivity index (χ2v) is 8.46. The quantitative estimate of drug-likeness (QED) is 0.849. The Morgan fingerprint density at radius 3 is 2.16 bits per heavy atom. The van der Waals surface area contributed by atoms with Gasteiger partial charge in [0, 0.05) is 6.42 Å². The molecule has 0 aliphatic heterocycles. The molecule has 0 heterocycles. The Morgan fingerprint density at radius 1 is 1.21 bits per heavy atom. The lowest BCUT2D eigenvalue weighted by Gasteiger charge is -2.19. The molecule has 0 spiro atoms. The Morgan fingerprint density at radius 2 is 1.74 bits per heavy atom. The standard InChI is InChI=1S/C14H21NO2S2/c1-14(2,3)12-6-4-11(5-7-12)10-19(16,17)9-8-13(15)18/h4-7H,8-10H2,1-3H3,(H2,15,18). The molecule has 1 rings (SSSR count). The molecule has 0 amide bonds. The molecule has 0 saturated carbocycles. The Kier molecular flexibility index (Phi) is 5.10. The summed E-state index contributed by atoms with van der Waals surface area (Å²) in [4.78, 5) is 0.242. The highest BCUT2D eigenvalue weighted by atomic mass is 32.2. The van der Waals surface area contributed by atoms with Crippen LogP contribution in [0.2, 0.25) is 0 Å². The van der Waals surface area contributed by atoms with Crippen LogP contribution in [0.4, 0.5) is 0 Å². The molecule has 0 unspecified atom stereocenters. The van der Waals surface area contributed by atoms with Crippen LogP contribution < -0.4 is 5.73 Å². The zero-order valence-corrected chi connectivity index (χ0v) is 13.3. The van der Waals surface area contributed by atoms with Crippen LogP contribution >= 0.6 is 12.2 Å². The average molecular weight is 299 g/mol. The summed E-state index contributed by atoms with van der Waals surface area (Å²) in [6.07, 6.45) is 0.248. The average Bonchev–Trinajstić information content (AvgIpc) is 2.25. The van der Waals surface area contributed by atoms with E-state index in [9.17, 15) is 8.42 Å². The largest absolute Gasteiger partial charge is 0.393 e. The molecule has 0 fully saturated rings. The molecule has 2 N–H and O–H groups in total. The maximum Gasteiger partial charge on any atom is 0.154 e. The minimum Gasteiger partial charge on any atom is -0.393 e. The van der Waals surface area contributed by atoms with E-state index in [1.165, 1.54) is 5.56 Å². The highest BCUT2D eigenvalue weighted by Gasteiger charge is 2.15. The molecule has 1 aromatic rings. The number of nitrogens with two attached hydrogens (primary N) is 1. The monoisotopic (exact) mass is 299 g/mol. The van der Waals surface area contributed by atoms with Crippen LogP contribution in [0.5, 0.6) is 0 Å². The van der Waals surface area contributed by atoms with Crippen molar-refractivity contribution in [3.05, 3.63) is 35.4 Å². The summed E-state index contributed by atoms with van der Waals surface area (Å²) >= 11 is 4.70. The molecule has 0 aliphatic carbocycles. The molecular weight excluding hydrogens is 278 g/mol. The van der Waals surface area contributed by atoms with Crippen LogP contribution in [-0.2, 0) is 21.0 Å². The van der Waals surface area contributed by atoms with Gasteiger partial charge in [0.2, 0.25) is 0 Å². The van der Waals surface area contributed by atoms with E-state index in [1.807, 2.05) is 24.3 Å². The van der Waals surface area contributed by atoms with Gasteiger partial charge in [0.15, 0.2) is 9.84 Å². The van der Waals surface area contributed by atoms with E-state index in [1.54, 1.807) is 0 Å². The summed E-state index contributed by atoms with van der Waals surface area (Å²) in [6.45, 7) is 6.38. The van der Waals surface area contributed by atoms with Gasteiger partial charge < -0.3 is 5.73 Å². The minimum atomic E-state index is -3.15. The Labute approximate surface area is 121 Å². The number of hydrogen-bond donors (Lipinski definition) is 1. The van der Waals surface area contributed by atoms with Crippen LogP contribution in [-0.4, -0.2) is 19.2 Å². The van der Waals surface area contributed by atoms with E-state index in [4.69, 9.17) is 18.0 Å². The molecule has 0 bridgehead atoms. The highest BCUT2D eigenvalue weighted by Crippen LogP contribution is 2.22. The van der Waals surface area contributed by atoms with Gasteiger partial charge >= 0.3 is 0 Å². The first-order valence-electron chi connectivity index (χ1n) is 6.18. The van der Waals surface area contributed by atoms with Gasteiger partial charge in [0.1, 0.15) is 0 Å². The third-order valence-corrected chi connectivity index (χ3v) is 4.67. The predicted octanol–water partition coefficient (Wildman–Crippen LogP) is 2.58. The molecule has 0 saturated heterocycles. The summed E-state index contributed by atoms with van der Waals surface area (Å²) in [5, 5.41) is 0. The summed E-state index contributed by atoms with van der Waals surface area (Å²) in [6, 6.07) is 7.72. The zero-order chi connectivity index (χ0) is 14.7. The molecular formula is C14H21NO2S2. The van der Waals surface area contributed by atoms with Gasteiger partial charge in [0.25, 0.3) is 0 Å². The molecule has 0 radical (unpaired) electrons. The maximum absolute atomic E-state index is 11.9. The van der Waals surface area contributed by atoms with Crippen LogP contribution in [0.1, 0.15) is 38.3 Å². The second-order valence-electron chi connectivity index (χ2n) is 5.76. The van der Waals surface area contributed by atoms with Gasteiger partial charge in [-0.2, -0.15) is 0 Å². The molecule has 5 heteroatoms. The molecule has 1 aromatic carbocycles. The SMILES string of the molecule is CC(C)(C)c1ccc(CS(=O)(=O)CCC(N)=S)cc1. The first-order chi connectivity index (χ1) is 8.60. The fourth-order valence-electron chi connectivity index (χ4n) is 1.68. The maximum atomic E-state index is 11.9. The van der Waals surface area contributed by atoms with Crippen LogP contribution in [0, 0.1) is 0 Å². The lowest BCUT2D eigenvalue weighted by molar-refractivity contribution is 0.589. The lowest BCUT2D eigenvalue weighted by atomic mass is 9.87. The van der Waals surface area contributed by atoms with Crippen molar-refractivity contribution < 1.29 is 8.42 Å². The van der Waals surface area contributed by atoms with Crippen molar-refractivity contribution >= 4 is 27.0 Å². The molecule has 3 nitrogen and oxygen atoms in total. The van der Waals surface area contributed by atoms with Crippen LogP contribution in [0.15, 0.2) is 24.3 Å². The Balaban J connectivity index is 2.75. The normalized spacial score (nSPS) is 12.4. The van der Waals surface area contributed by atoms with Crippen molar-refractivity contribution in [3.8, 4) is 0 Å². The molecule has 0 atom stereocenters. The first-order valence-corrected chi connectivity index (χ1v) is 8.41. The van der Waals surface area contributed by atoms with Gasteiger partial charge in [-0.05, 0) is 16.5 Å². The van der Waals surface area contributed by atoms with Gasteiger partial charge in [-0.15, -0.1) is 0 Å². The smallest absolute Gasteiger partial charge is 0.154 e. The number of thiocarbonyl (C=S) groups is 1. The van der Waals surface area contributed by atoms with Crippen LogP contribution in [0.3, 0.4) is 0 Å². The van der Waals surface area contributed by atoms with Gasteiger partial charge in [-0.25, -0.2) is 8.42 Å². The fourth-order valence-corrected chi connectivity index (χ4v) is 3.29. The van der Waals surface area contributed by atoms with E-state index in [0.29, 0.717) is 0 Å². The van der Waals surface area contributed by atoms with Crippen molar-refractivity contribution in [3.63, 3.8) is 0 Å². The summed E-state index contributed by atoms with van der Waals surface area (Å²) < 4.78 is 23.7. The number of sulfone groups is 1. The second kappa shape index (κ2) is 6.01. The topological polar surface area (TPSA) is 60.2 Å². The lowest BCUT2D eigenvalue weighted by Crippen LogP contribution is -2.17. The van der Waals surface area contributed by atoms with Crippen LogP contribution in [0.25, 0.3) is 0 Å². The molecule has 0 aliphatic rings. The predicted molar refractivity (Wildman–Crippen MR) is 84.0 cm³/mol. The van der Waals surface area contributed by atoms with E-state index < -0.39 is 9.84 Å². The Hall–Kier alpha value is -0.940. The third kappa shape index (κ3) is 5.70. The number of rotatable bonds is 5. The molecule has 106 valence electrons. The third-order valence-electron chi connectivity index (χ3n) is 2.87. The molecule has 19 heavy (non-hydrogen) atoms. The number of hydrogen-bond acceptors (Lipinski definition) is 3. The zero-order valence-electron chi connectivity index (χ0n) is 11.6. The minimum absolute atomic E-state index is 0.0172. The van der Waals surface area contributed by atoms with Crippen molar-refractivity contribution in [2.45, 2.75) is 38.4 Å². The summed E-state index contributed by atoms with van der Waals surface area (Å²) in [7, 11) is -3.15. The van der Waals surface area contributed by atoms with Crippen molar-refractivity contribution in [1.29, 1.82) is 0 Å². The van der Waals surface area contributed by atoms with Gasteiger partial charge in [-0.1, -0.05) is 57.3 Å². The van der Waals surface area contributed by atoms with Crippen molar-refractivity contribution in [1.82, 2.24) is 0 Å². The Bertz CT molecular complexity index is 540.